The number of rotatable bonds is 34. The lowest BCUT2D eigenvalue weighted by Gasteiger charge is -2.41. The molecule has 0 bridgehead atoms. The number of hydrogen-bond donors (Lipinski definition) is 6. The molecule has 1 aliphatic carbocycles. The van der Waals surface area contributed by atoms with E-state index < -0.39 is 75.7 Å². The van der Waals surface area contributed by atoms with Gasteiger partial charge in [-0.25, -0.2) is 4.57 Å². The highest BCUT2D eigenvalue weighted by Gasteiger charge is 2.51. The zero-order valence-corrected chi connectivity index (χ0v) is 36.9. The first kappa shape index (κ1) is 55.0. The van der Waals surface area contributed by atoms with Gasteiger partial charge in [0.2, 0.25) is 0 Å². The molecule has 14 heteroatoms. The molecule has 342 valence electrons. The molecule has 0 spiro atoms. The normalized spacial score (nSPS) is 23.0. The molecular formula is C46H75O13P. The van der Waals surface area contributed by atoms with E-state index in [-0.39, 0.29) is 12.8 Å². The molecule has 0 aliphatic heterocycles. The summed E-state index contributed by atoms with van der Waals surface area (Å²) < 4.78 is 33.4. The van der Waals surface area contributed by atoms with Crippen LogP contribution in [-0.2, 0) is 32.7 Å². The number of allylic oxidation sites excluding steroid dienone is 14. The average Bonchev–Trinajstić information content (AvgIpc) is 3.23. The van der Waals surface area contributed by atoms with E-state index >= 15 is 0 Å². The largest absolute Gasteiger partial charge is 0.472 e. The second-order valence-corrected chi connectivity index (χ2v) is 16.2. The molecule has 1 saturated carbocycles. The molecule has 13 nitrogen and oxygen atoms in total. The molecule has 6 N–H and O–H groups in total. The smallest absolute Gasteiger partial charge is 0.462 e. The molecule has 0 aromatic rings. The molecule has 0 saturated heterocycles. The van der Waals surface area contributed by atoms with E-state index in [0.717, 1.165) is 77.0 Å². The number of ether oxygens (including phenoxy) is 2. The van der Waals surface area contributed by atoms with Gasteiger partial charge in [-0.1, -0.05) is 131 Å². The van der Waals surface area contributed by atoms with E-state index in [1.165, 1.54) is 12.8 Å². The highest BCUT2D eigenvalue weighted by Crippen LogP contribution is 2.47. The Morgan fingerprint density at radius 3 is 1.50 bits per heavy atom. The van der Waals surface area contributed by atoms with Gasteiger partial charge in [0.1, 0.15) is 43.2 Å². The number of carbonyl (C=O) groups excluding carboxylic acids is 2. The van der Waals surface area contributed by atoms with Crippen molar-refractivity contribution in [2.75, 3.05) is 13.2 Å². The monoisotopic (exact) mass is 866 g/mol. The summed E-state index contributed by atoms with van der Waals surface area (Å²) in [6, 6.07) is 0. The molecule has 8 atom stereocenters. The first-order valence-electron chi connectivity index (χ1n) is 21.9. The van der Waals surface area contributed by atoms with Crippen LogP contribution in [0.25, 0.3) is 0 Å². The number of carbonyl (C=O) groups is 2. The zero-order chi connectivity index (χ0) is 44.3. The van der Waals surface area contributed by atoms with Crippen LogP contribution >= 0.6 is 7.82 Å². The van der Waals surface area contributed by atoms with Gasteiger partial charge in [-0.15, -0.1) is 0 Å². The molecule has 1 aliphatic rings. The molecule has 0 heterocycles. The van der Waals surface area contributed by atoms with Crippen LogP contribution in [0.4, 0.5) is 0 Å². The predicted molar refractivity (Wildman–Crippen MR) is 235 cm³/mol. The Hall–Kier alpha value is -2.97. The SMILES string of the molecule is CC/C=C/C/C=C/C/C=C/C/C=C/C/C=C/CCCC(=O)OC[C@@H](COP(=O)(O)OC1C(O)C(O)C(O)[C@H](O)C1O)OC(=O)CCCCCCC/C=C/C/C=C/CCCC. The summed E-state index contributed by atoms with van der Waals surface area (Å²) in [7, 11) is -5.14. The summed E-state index contributed by atoms with van der Waals surface area (Å²) in [6.07, 6.45) is 32.2. The Bertz CT molecular complexity index is 1370. The van der Waals surface area contributed by atoms with Gasteiger partial charge >= 0.3 is 19.8 Å². The van der Waals surface area contributed by atoms with E-state index in [1.807, 2.05) is 12.2 Å². The maximum absolute atomic E-state index is 12.8. The van der Waals surface area contributed by atoms with E-state index in [1.54, 1.807) is 0 Å². The minimum absolute atomic E-state index is 0.0633. The minimum atomic E-state index is -5.14. The number of esters is 2. The first-order valence-corrected chi connectivity index (χ1v) is 23.4. The fourth-order valence-electron chi connectivity index (χ4n) is 5.93. The number of phosphoric ester groups is 1. The van der Waals surface area contributed by atoms with Crippen molar-refractivity contribution < 1.29 is 63.1 Å². The van der Waals surface area contributed by atoms with Gasteiger partial charge in [0.15, 0.2) is 6.10 Å². The molecule has 1 fully saturated rings. The van der Waals surface area contributed by atoms with Crippen molar-refractivity contribution in [3.05, 3.63) is 85.1 Å². The van der Waals surface area contributed by atoms with Crippen molar-refractivity contribution in [2.45, 2.75) is 179 Å². The molecule has 6 unspecified atom stereocenters. The average molecular weight is 867 g/mol. The van der Waals surface area contributed by atoms with Crippen molar-refractivity contribution in [2.24, 2.45) is 0 Å². The standard InChI is InChI=1S/C46H75O13P/c1-3-5-7-9-11-13-15-17-19-20-21-23-24-26-28-30-32-34-39(47)56-36-38(37-57-60(54,55)59-46-44(52)42(50)41(49)43(51)45(46)53)58-40(48)35-33-31-29-27-25-22-18-16-14-12-10-8-6-4-2/h5,7,10-13,16-19,21,23,26,28,38,41-46,49-53H,3-4,6,8-9,14-15,20,22,24-25,27,29-37H2,1-2H3,(H,54,55)/b7-5+,12-10+,13-11+,18-16+,19-17+,23-21+,28-26+/t38-,41?,42-,43?,44?,45?,46?/m0/s1. The first-order chi connectivity index (χ1) is 28.9. The summed E-state index contributed by atoms with van der Waals surface area (Å²) in [5.41, 5.74) is 0. The van der Waals surface area contributed by atoms with Crippen molar-refractivity contribution in [3.8, 4) is 0 Å². The Morgan fingerprint density at radius 2 is 0.967 bits per heavy atom. The Kier molecular flexibility index (Phi) is 32.7. The fraction of sp³-hybridized carbons (Fsp3) is 0.652. The number of aliphatic hydroxyl groups excluding tert-OH is 5. The quantitative estimate of drug-likeness (QED) is 0.0157. The second-order valence-electron chi connectivity index (χ2n) is 14.8. The summed E-state index contributed by atoms with van der Waals surface area (Å²) in [4.78, 5) is 35.6. The van der Waals surface area contributed by atoms with Crippen LogP contribution in [0.5, 0.6) is 0 Å². The lowest BCUT2D eigenvalue weighted by atomic mass is 9.85. The fourth-order valence-corrected chi connectivity index (χ4v) is 6.90. The van der Waals surface area contributed by atoms with Crippen LogP contribution in [0.1, 0.15) is 136 Å². The van der Waals surface area contributed by atoms with Gasteiger partial charge in [0, 0.05) is 12.8 Å². The third-order valence-electron chi connectivity index (χ3n) is 9.47. The van der Waals surface area contributed by atoms with E-state index in [9.17, 15) is 44.6 Å². The van der Waals surface area contributed by atoms with Crippen LogP contribution in [-0.4, -0.2) is 98.3 Å². The molecule has 0 aromatic heterocycles. The number of aliphatic hydroxyl groups is 5. The zero-order valence-electron chi connectivity index (χ0n) is 36.0. The van der Waals surface area contributed by atoms with Crippen molar-refractivity contribution in [3.63, 3.8) is 0 Å². The van der Waals surface area contributed by atoms with Crippen molar-refractivity contribution >= 4 is 19.8 Å². The van der Waals surface area contributed by atoms with E-state index in [2.05, 4.69) is 86.8 Å². The lowest BCUT2D eigenvalue weighted by molar-refractivity contribution is -0.220. The van der Waals surface area contributed by atoms with Gasteiger partial charge in [-0.2, -0.15) is 0 Å². The van der Waals surface area contributed by atoms with E-state index in [4.69, 9.17) is 18.5 Å². The van der Waals surface area contributed by atoms with Gasteiger partial charge in [-0.3, -0.25) is 18.6 Å². The third-order valence-corrected chi connectivity index (χ3v) is 10.5. The van der Waals surface area contributed by atoms with Gasteiger partial charge in [0.05, 0.1) is 6.61 Å². The van der Waals surface area contributed by atoms with Crippen LogP contribution in [0.2, 0.25) is 0 Å². The predicted octanol–water partition coefficient (Wildman–Crippen LogP) is 8.11. The molecule has 1 rings (SSSR count). The minimum Gasteiger partial charge on any atom is -0.462 e. The number of phosphoric acid groups is 1. The summed E-state index contributed by atoms with van der Waals surface area (Å²) in [5, 5.41) is 50.1. The molecule has 0 aromatic carbocycles. The van der Waals surface area contributed by atoms with E-state index in [0.29, 0.717) is 19.3 Å². The van der Waals surface area contributed by atoms with Gasteiger partial charge in [0.25, 0.3) is 0 Å². The van der Waals surface area contributed by atoms with Gasteiger partial charge < -0.3 is 39.9 Å². The van der Waals surface area contributed by atoms with Crippen LogP contribution in [0, 0.1) is 0 Å². The maximum Gasteiger partial charge on any atom is 0.472 e. The second kappa shape index (κ2) is 35.6. The Labute approximate surface area is 358 Å². The summed E-state index contributed by atoms with van der Waals surface area (Å²) >= 11 is 0. The lowest BCUT2D eigenvalue weighted by Crippen LogP contribution is -2.64. The summed E-state index contributed by atoms with van der Waals surface area (Å²) in [5.74, 6) is -1.19. The van der Waals surface area contributed by atoms with Gasteiger partial charge in [-0.05, 0) is 77.0 Å². The number of unbranched alkanes of at least 4 members (excludes halogenated alkanes) is 8. The molecule has 60 heavy (non-hydrogen) atoms. The Balaban J connectivity index is 2.54. The molecular weight excluding hydrogens is 791 g/mol. The molecule has 0 amide bonds. The summed E-state index contributed by atoms with van der Waals surface area (Å²) in [6.45, 7) is 3.06. The van der Waals surface area contributed by atoms with Crippen molar-refractivity contribution in [1.29, 1.82) is 0 Å². The molecule has 0 radical (unpaired) electrons. The van der Waals surface area contributed by atoms with Crippen LogP contribution in [0.15, 0.2) is 85.1 Å². The maximum atomic E-state index is 12.8. The van der Waals surface area contributed by atoms with Crippen LogP contribution in [0.3, 0.4) is 0 Å². The highest BCUT2D eigenvalue weighted by molar-refractivity contribution is 7.47. The highest BCUT2D eigenvalue weighted by atomic mass is 31.2. The third kappa shape index (κ3) is 27.8. The Morgan fingerprint density at radius 1 is 0.533 bits per heavy atom. The van der Waals surface area contributed by atoms with Crippen LogP contribution < -0.4 is 0 Å². The van der Waals surface area contributed by atoms with Crippen molar-refractivity contribution in [1.82, 2.24) is 0 Å². The topological polar surface area (TPSA) is 210 Å². The number of hydrogen-bond acceptors (Lipinski definition) is 12.